The highest BCUT2D eigenvalue weighted by Crippen LogP contribution is 2.16. The maximum Gasteiger partial charge on any atom is 0.204 e. The summed E-state index contributed by atoms with van der Waals surface area (Å²) in [6.07, 6.45) is 1.34. The zero-order valence-electron chi connectivity index (χ0n) is 5.40. The Balaban J connectivity index is 2.76. The van der Waals surface area contributed by atoms with E-state index < -0.39 is 0 Å². The van der Waals surface area contributed by atoms with Gasteiger partial charge in [-0.2, -0.15) is 0 Å². The Bertz CT molecular complexity index is 287. The maximum absolute atomic E-state index is 4.86. The zero-order chi connectivity index (χ0) is 6.97. The van der Waals surface area contributed by atoms with Crippen molar-refractivity contribution < 1.29 is 4.52 Å². The Morgan fingerprint density at radius 1 is 1.50 bits per heavy atom. The molecule has 0 bridgehead atoms. The van der Waals surface area contributed by atoms with E-state index in [-0.39, 0.29) is 0 Å². The fourth-order valence-electron chi connectivity index (χ4n) is 0.827. The normalized spacial score (nSPS) is 10.5. The van der Waals surface area contributed by atoms with E-state index in [1.165, 1.54) is 6.33 Å². The average Bonchev–Trinajstić information content (AvgIpc) is 2.27. The Morgan fingerprint density at radius 3 is 3.20 bits per heavy atom. The Morgan fingerprint density at radius 2 is 2.40 bits per heavy atom. The van der Waals surface area contributed by atoms with Crippen LogP contribution in [0.25, 0.3) is 11.6 Å². The van der Waals surface area contributed by atoms with Crippen LogP contribution in [0.4, 0.5) is 0 Å². The number of hydrogen-bond acceptors (Lipinski definition) is 4. The van der Waals surface area contributed by atoms with Crippen molar-refractivity contribution in [3.05, 3.63) is 18.1 Å². The summed E-state index contributed by atoms with van der Waals surface area (Å²) in [6, 6.07) is 1.80. The summed E-state index contributed by atoms with van der Waals surface area (Å²) in [5, 5.41) is 3.50. The summed E-state index contributed by atoms with van der Waals surface area (Å²) >= 11 is 0. The molecule has 0 N–H and O–H groups in total. The molecule has 0 aromatic rings. The van der Waals surface area contributed by atoms with Gasteiger partial charge in [-0.05, 0) is 6.92 Å². The molecule has 2 aliphatic heterocycles. The van der Waals surface area contributed by atoms with Crippen LogP contribution in [0.1, 0.15) is 5.69 Å². The van der Waals surface area contributed by atoms with Gasteiger partial charge >= 0.3 is 0 Å². The van der Waals surface area contributed by atoms with E-state index in [1.54, 1.807) is 6.07 Å². The third-order valence-corrected chi connectivity index (χ3v) is 1.22. The van der Waals surface area contributed by atoms with E-state index in [0.29, 0.717) is 11.6 Å². The summed E-state index contributed by atoms with van der Waals surface area (Å²) in [7, 11) is 0. The lowest BCUT2D eigenvalue weighted by molar-refractivity contribution is 0.403. The molecule has 0 unspecified atom stereocenters. The van der Waals surface area contributed by atoms with Gasteiger partial charge in [0.05, 0.1) is 0 Å². The van der Waals surface area contributed by atoms with E-state index in [9.17, 15) is 0 Å². The molecular formula is C6H5N3O. The van der Waals surface area contributed by atoms with E-state index in [0.717, 1.165) is 5.69 Å². The van der Waals surface area contributed by atoms with E-state index >= 15 is 0 Å². The summed E-state index contributed by atoms with van der Waals surface area (Å²) in [5.41, 5.74) is 0.902. The van der Waals surface area contributed by atoms with Crippen molar-refractivity contribution in [3.63, 3.8) is 0 Å². The number of rotatable bonds is 0. The molecular weight excluding hydrogens is 130 g/mol. The molecule has 4 nitrogen and oxygen atoms in total. The van der Waals surface area contributed by atoms with Crippen molar-refractivity contribution in [1.29, 1.82) is 0 Å². The van der Waals surface area contributed by atoms with Gasteiger partial charge in [-0.1, -0.05) is 5.16 Å². The van der Waals surface area contributed by atoms with E-state index in [4.69, 9.17) is 4.52 Å². The van der Waals surface area contributed by atoms with Crippen molar-refractivity contribution in [3.8, 4) is 11.6 Å². The number of fused-ring (bicyclic) bond motifs is 1. The lowest BCUT2D eigenvalue weighted by atomic mass is 10.4. The molecule has 0 spiro atoms. The van der Waals surface area contributed by atoms with Gasteiger partial charge in [0.25, 0.3) is 0 Å². The number of aromatic nitrogens is 3. The molecule has 0 radical (unpaired) electrons. The largest absolute Gasteiger partial charge is 0.351 e. The second-order valence-electron chi connectivity index (χ2n) is 2.03. The van der Waals surface area contributed by atoms with Crippen LogP contribution in [0, 0.1) is 6.92 Å². The molecule has 2 heterocycles. The predicted octanol–water partition coefficient (Wildman–Crippen LogP) is 0.878. The minimum absolute atomic E-state index is 0.618. The molecule has 0 saturated heterocycles. The molecule has 50 valence electrons. The second-order valence-corrected chi connectivity index (χ2v) is 2.03. The molecule has 10 heavy (non-hydrogen) atoms. The van der Waals surface area contributed by atoms with Crippen LogP contribution in [0.3, 0.4) is 0 Å². The third-order valence-electron chi connectivity index (χ3n) is 1.22. The number of nitrogens with zero attached hydrogens (tertiary/aromatic N) is 3. The average molecular weight is 135 g/mol. The van der Waals surface area contributed by atoms with Crippen LogP contribution in [0.15, 0.2) is 16.9 Å². The maximum atomic E-state index is 4.86. The summed E-state index contributed by atoms with van der Waals surface area (Å²) in [4.78, 5) is 7.95. The monoisotopic (exact) mass is 135 g/mol. The summed E-state index contributed by atoms with van der Waals surface area (Å²) < 4.78 is 4.86. The standard InChI is InChI=1S/C6H5N3O/c1-4-2-5-6(9-4)7-3-8-10-5/h2-3H,1H3. The Hall–Kier alpha value is -1.45. The minimum Gasteiger partial charge on any atom is -0.351 e. The van der Waals surface area contributed by atoms with Crippen LogP contribution >= 0.6 is 0 Å². The van der Waals surface area contributed by atoms with E-state index in [1.807, 2.05) is 6.92 Å². The van der Waals surface area contributed by atoms with Crippen molar-refractivity contribution in [2.45, 2.75) is 6.92 Å². The first-order chi connectivity index (χ1) is 4.86. The second kappa shape index (κ2) is 1.76. The highest BCUT2D eigenvalue weighted by Gasteiger charge is 2.08. The number of hydrogen-bond donors (Lipinski definition) is 0. The van der Waals surface area contributed by atoms with Gasteiger partial charge in [-0.3, -0.25) is 0 Å². The molecule has 0 aromatic heterocycles. The quantitative estimate of drug-likeness (QED) is 0.538. The molecule has 0 fully saturated rings. The molecule has 2 rings (SSSR count). The Kier molecular flexibility index (Phi) is 0.943. The van der Waals surface area contributed by atoms with Crippen LogP contribution in [-0.4, -0.2) is 15.1 Å². The van der Waals surface area contributed by atoms with Gasteiger partial charge in [-0.15, -0.1) is 0 Å². The molecule has 2 aliphatic rings. The van der Waals surface area contributed by atoms with Crippen molar-refractivity contribution in [2.24, 2.45) is 0 Å². The highest BCUT2D eigenvalue weighted by molar-refractivity contribution is 5.48. The first-order valence-electron chi connectivity index (χ1n) is 2.90. The fraction of sp³-hybridized carbons (Fsp3) is 0.167. The lowest BCUT2D eigenvalue weighted by Crippen LogP contribution is -1.82. The van der Waals surface area contributed by atoms with Crippen molar-refractivity contribution >= 4 is 0 Å². The lowest BCUT2D eigenvalue weighted by Gasteiger charge is -1.87. The smallest absolute Gasteiger partial charge is 0.204 e. The van der Waals surface area contributed by atoms with Gasteiger partial charge in [0.1, 0.15) is 0 Å². The van der Waals surface area contributed by atoms with Gasteiger partial charge in [-0.25, -0.2) is 9.97 Å². The molecule has 0 aromatic carbocycles. The molecule has 0 atom stereocenters. The first-order valence-corrected chi connectivity index (χ1v) is 2.90. The van der Waals surface area contributed by atoms with Crippen molar-refractivity contribution in [2.75, 3.05) is 0 Å². The van der Waals surface area contributed by atoms with Crippen LogP contribution in [-0.2, 0) is 0 Å². The molecule has 0 saturated carbocycles. The van der Waals surface area contributed by atoms with Gasteiger partial charge < -0.3 is 4.52 Å². The van der Waals surface area contributed by atoms with Gasteiger partial charge in [0.2, 0.25) is 5.76 Å². The third kappa shape index (κ3) is 0.655. The Labute approximate surface area is 57.2 Å². The van der Waals surface area contributed by atoms with Crippen LogP contribution < -0.4 is 0 Å². The SMILES string of the molecule is Cc1cc2oncnc-2n1. The topological polar surface area (TPSA) is 51.8 Å². The van der Waals surface area contributed by atoms with E-state index in [2.05, 4.69) is 15.1 Å². The van der Waals surface area contributed by atoms with Crippen LogP contribution in [0.2, 0.25) is 0 Å². The summed E-state index contributed by atoms with van der Waals surface area (Å²) in [5.74, 6) is 1.26. The number of aryl methyl sites for hydroxylation is 1. The summed E-state index contributed by atoms with van der Waals surface area (Å²) in [6.45, 7) is 1.89. The fourth-order valence-corrected chi connectivity index (χ4v) is 0.827. The highest BCUT2D eigenvalue weighted by atomic mass is 16.5. The molecule has 0 amide bonds. The minimum atomic E-state index is 0.618. The zero-order valence-corrected chi connectivity index (χ0v) is 5.40. The van der Waals surface area contributed by atoms with Crippen molar-refractivity contribution in [1.82, 2.24) is 15.1 Å². The predicted molar refractivity (Wildman–Crippen MR) is 33.5 cm³/mol. The van der Waals surface area contributed by atoms with Gasteiger partial charge in [0, 0.05) is 11.8 Å². The van der Waals surface area contributed by atoms with Crippen LogP contribution in [0.5, 0.6) is 0 Å². The molecule has 0 aliphatic carbocycles. The van der Waals surface area contributed by atoms with Gasteiger partial charge in [0.15, 0.2) is 12.2 Å². The first kappa shape index (κ1) is 5.34. The molecule has 4 heteroatoms.